The van der Waals surface area contributed by atoms with Gasteiger partial charge >= 0.3 is 5.97 Å². The molecule has 0 aromatic carbocycles. The van der Waals surface area contributed by atoms with Crippen molar-refractivity contribution in [1.82, 2.24) is 5.32 Å². The summed E-state index contributed by atoms with van der Waals surface area (Å²) in [6, 6.07) is -1.02. The van der Waals surface area contributed by atoms with E-state index >= 15 is 0 Å². The first-order valence-electron chi connectivity index (χ1n) is 35.8. The Morgan fingerprint density at radius 3 is 1.17 bits per heavy atom. The molecule has 1 saturated heterocycles. The molecule has 488 valence electrons. The van der Waals surface area contributed by atoms with Crippen LogP contribution >= 0.6 is 0 Å². The SMILES string of the molecule is CCCCCCCC/C=C/CCCCCCCCCCCCCCCCCC(=O)OC1C(OCC(NC(=O)C(O)CCCCCCCCCC/C=C/CCCCCCCC)C(O)/C=C/CCCCCCCCCCC)OC(CO)C(O)C1O. The van der Waals surface area contributed by atoms with E-state index in [9.17, 15) is 35.1 Å². The number of rotatable bonds is 62. The Balaban J connectivity index is 2.53. The van der Waals surface area contributed by atoms with E-state index in [1.807, 2.05) is 6.08 Å². The Labute approximate surface area is 511 Å². The quantitative estimate of drug-likeness (QED) is 0.0195. The van der Waals surface area contributed by atoms with E-state index in [0.29, 0.717) is 19.3 Å². The van der Waals surface area contributed by atoms with Crippen molar-refractivity contribution in [2.24, 2.45) is 0 Å². The monoisotopic (exact) mass is 1170 g/mol. The van der Waals surface area contributed by atoms with E-state index in [0.717, 1.165) is 64.2 Å². The van der Waals surface area contributed by atoms with Crippen LogP contribution in [-0.4, -0.2) is 99.6 Å². The predicted molar refractivity (Wildman–Crippen MR) is 347 cm³/mol. The number of hydrogen-bond donors (Lipinski definition) is 6. The summed E-state index contributed by atoms with van der Waals surface area (Å²) in [6.07, 6.45) is 63.4. The van der Waals surface area contributed by atoms with E-state index in [2.05, 4.69) is 50.4 Å². The van der Waals surface area contributed by atoms with Crippen LogP contribution in [0.1, 0.15) is 348 Å². The van der Waals surface area contributed by atoms with Crippen molar-refractivity contribution in [3.05, 3.63) is 36.5 Å². The summed E-state index contributed by atoms with van der Waals surface area (Å²) < 4.78 is 17.7. The minimum absolute atomic E-state index is 0.127. The van der Waals surface area contributed by atoms with Crippen LogP contribution in [0.3, 0.4) is 0 Å². The highest BCUT2D eigenvalue weighted by molar-refractivity contribution is 5.80. The third kappa shape index (κ3) is 47.6. The largest absolute Gasteiger partial charge is 0.454 e. The molecule has 0 spiro atoms. The minimum Gasteiger partial charge on any atom is -0.454 e. The lowest BCUT2D eigenvalue weighted by molar-refractivity contribution is -0.305. The Bertz CT molecular complexity index is 1490. The highest BCUT2D eigenvalue weighted by atomic mass is 16.7. The lowest BCUT2D eigenvalue weighted by Gasteiger charge is -2.41. The fraction of sp³-hybridized carbons (Fsp3) is 0.889. The van der Waals surface area contributed by atoms with Crippen LogP contribution in [0.5, 0.6) is 0 Å². The summed E-state index contributed by atoms with van der Waals surface area (Å²) in [6.45, 7) is 5.82. The normalized spacial score (nSPS) is 18.7. The van der Waals surface area contributed by atoms with Crippen LogP contribution in [0.25, 0.3) is 0 Å². The van der Waals surface area contributed by atoms with Crippen LogP contribution < -0.4 is 5.32 Å². The zero-order chi connectivity index (χ0) is 60.3. The highest BCUT2D eigenvalue weighted by Gasteiger charge is 2.47. The molecule has 0 aromatic rings. The molecule has 1 aliphatic heterocycles. The summed E-state index contributed by atoms with van der Waals surface area (Å²) >= 11 is 0. The fourth-order valence-electron chi connectivity index (χ4n) is 11.3. The Morgan fingerprint density at radius 2 is 0.795 bits per heavy atom. The van der Waals surface area contributed by atoms with Gasteiger partial charge in [0.05, 0.1) is 25.4 Å². The topological polar surface area (TPSA) is 175 Å². The average Bonchev–Trinajstić information content (AvgIpc) is 3.67. The lowest BCUT2D eigenvalue weighted by Crippen LogP contribution is -2.61. The molecule has 6 N–H and O–H groups in total. The maximum atomic E-state index is 13.5. The number of amides is 1. The van der Waals surface area contributed by atoms with Crippen LogP contribution in [-0.2, 0) is 23.8 Å². The molecule has 83 heavy (non-hydrogen) atoms. The van der Waals surface area contributed by atoms with Crippen molar-refractivity contribution in [1.29, 1.82) is 0 Å². The molecule has 0 aliphatic carbocycles. The van der Waals surface area contributed by atoms with Crippen LogP contribution in [0.2, 0.25) is 0 Å². The molecular formula is C72H135NO10. The van der Waals surface area contributed by atoms with Crippen LogP contribution in [0.4, 0.5) is 0 Å². The molecule has 0 aromatic heterocycles. The zero-order valence-corrected chi connectivity index (χ0v) is 54.3. The Kier molecular flexibility index (Phi) is 57.2. The molecule has 8 unspecified atom stereocenters. The second-order valence-electron chi connectivity index (χ2n) is 25.0. The van der Waals surface area contributed by atoms with Gasteiger partial charge in [-0.2, -0.15) is 0 Å². The number of aliphatic hydroxyl groups excluding tert-OH is 5. The molecule has 1 aliphatic rings. The first kappa shape index (κ1) is 78.9. The maximum absolute atomic E-state index is 13.5. The zero-order valence-electron chi connectivity index (χ0n) is 54.3. The van der Waals surface area contributed by atoms with Crippen molar-refractivity contribution in [3.8, 4) is 0 Å². The number of carbonyl (C=O) groups excluding carboxylic acids is 2. The first-order chi connectivity index (χ1) is 40.7. The molecule has 1 amide bonds. The van der Waals surface area contributed by atoms with Gasteiger partial charge in [-0.05, 0) is 77.0 Å². The number of unbranched alkanes of at least 4 members (excludes halogenated alkanes) is 44. The van der Waals surface area contributed by atoms with E-state index in [4.69, 9.17) is 14.2 Å². The summed E-state index contributed by atoms with van der Waals surface area (Å²) in [4.78, 5) is 26.7. The molecule has 0 radical (unpaired) electrons. The van der Waals surface area contributed by atoms with Gasteiger partial charge in [0.1, 0.15) is 24.4 Å². The fourth-order valence-corrected chi connectivity index (χ4v) is 11.3. The molecular weight excluding hydrogens is 1040 g/mol. The van der Waals surface area contributed by atoms with Gasteiger partial charge in [-0.15, -0.1) is 0 Å². The van der Waals surface area contributed by atoms with Crippen molar-refractivity contribution in [2.75, 3.05) is 13.2 Å². The second kappa shape index (κ2) is 60.2. The number of nitrogens with one attached hydrogen (secondary N) is 1. The number of esters is 1. The van der Waals surface area contributed by atoms with Gasteiger partial charge in [0, 0.05) is 6.42 Å². The Morgan fingerprint density at radius 1 is 0.458 bits per heavy atom. The van der Waals surface area contributed by atoms with Crippen molar-refractivity contribution in [3.63, 3.8) is 0 Å². The van der Waals surface area contributed by atoms with E-state index in [1.165, 1.54) is 238 Å². The summed E-state index contributed by atoms with van der Waals surface area (Å²) in [5.41, 5.74) is 0. The number of aliphatic hydroxyl groups is 5. The molecule has 1 heterocycles. The number of hydrogen-bond acceptors (Lipinski definition) is 10. The van der Waals surface area contributed by atoms with Crippen molar-refractivity contribution in [2.45, 2.75) is 397 Å². The van der Waals surface area contributed by atoms with Crippen molar-refractivity contribution < 1.29 is 49.3 Å². The van der Waals surface area contributed by atoms with Gasteiger partial charge in [0.25, 0.3) is 0 Å². The first-order valence-corrected chi connectivity index (χ1v) is 35.8. The van der Waals surface area contributed by atoms with Gasteiger partial charge < -0.3 is 45.1 Å². The van der Waals surface area contributed by atoms with Gasteiger partial charge in [0.2, 0.25) is 5.91 Å². The number of allylic oxidation sites excluding steroid dienone is 5. The Hall–Kier alpha value is -2.12. The molecule has 11 nitrogen and oxygen atoms in total. The second-order valence-corrected chi connectivity index (χ2v) is 25.0. The summed E-state index contributed by atoms with van der Waals surface area (Å²) in [5.74, 6) is -1.18. The minimum atomic E-state index is -1.61. The predicted octanol–water partition coefficient (Wildman–Crippen LogP) is 18.2. The lowest BCUT2D eigenvalue weighted by atomic mass is 9.99. The highest BCUT2D eigenvalue weighted by Crippen LogP contribution is 2.26. The molecule has 1 rings (SSSR count). The molecule has 0 saturated carbocycles. The maximum Gasteiger partial charge on any atom is 0.306 e. The van der Waals surface area contributed by atoms with E-state index in [1.54, 1.807) is 6.08 Å². The van der Waals surface area contributed by atoms with Crippen LogP contribution in [0, 0.1) is 0 Å². The van der Waals surface area contributed by atoms with Gasteiger partial charge in [-0.3, -0.25) is 9.59 Å². The molecule has 11 heteroatoms. The average molecular weight is 1170 g/mol. The molecule has 8 atom stereocenters. The van der Waals surface area contributed by atoms with Gasteiger partial charge in [0.15, 0.2) is 12.4 Å². The van der Waals surface area contributed by atoms with Crippen molar-refractivity contribution >= 4 is 11.9 Å². The molecule has 1 fully saturated rings. The number of carbonyl (C=O) groups is 2. The summed E-state index contributed by atoms with van der Waals surface area (Å²) in [7, 11) is 0. The van der Waals surface area contributed by atoms with Gasteiger partial charge in [-0.1, -0.05) is 301 Å². The van der Waals surface area contributed by atoms with E-state index < -0.39 is 67.4 Å². The van der Waals surface area contributed by atoms with Gasteiger partial charge in [-0.25, -0.2) is 0 Å². The van der Waals surface area contributed by atoms with Crippen LogP contribution in [0.15, 0.2) is 36.5 Å². The standard InChI is InChI=1S/C72H135NO10/c1-4-7-10-13-16-19-22-24-26-28-30-31-32-33-34-35-36-38-40-42-45-48-51-54-57-60-67(77)83-70-69(79)68(78)66(61-74)82-72(70)81-62-63(64(75)58-55-52-49-46-43-21-18-15-12-9-6-3)73-71(80)65(76)59-56-53-50-47-44-41-39-37-29-27-25-23-20-17-14-11-8-5-2/h24-27,55,58,63-66,68-70,72,74-76,78-79H,4-23,28-54,56-57,59-62H2,1-3H3,(H,73,80)/b26-24+,27-25+,58-55+. The number of ether oxygens (including phenoxy) is 3. The summed E-state index contributed by atoms with van der Waals surface area (Å²) in [5, 5.41) is 57.2. The van der Waals surface area contributed by atoms with E-state index in [-0.39, 0.29) is 13.0 Å². The smallest absolute Gasteiger partial charge is 0.306 e. The third-order valence-electron chi connectivity index (χ3n) is 17.0. The molecule has 0 bridgehead atoms. The third-order valence-corrected chi connectivity index (χ3v) is 17.0.